The molecule has 80 valence electrons. The van der Waals surface area contributed by atoms with Crippen molar-refractivity contribution in [2.75, 3.05) is 0 Å². The van der Waals surface area contributed by atoms with E-state index in [9.17, 15) is 9.59 Å². The van der Waals surface area contributed by atoms with Gasteiger partial charge in [0, 0.05) is 11.4 Å². The van der Waals surface area contributed by atoms with Gasteiger partial charge in [-0.1, -0.05) is 23.7 Å². The molecule has 15 heavy (non-hydrogen) atoms. The summed E-state index contributed by atoms with van der Waals surface area (Å²) in [4.78, 5) is 21.8. The highest BCUT2D eigenvalue weighted by Crippen LogP contribution is 2.24. The van der Waals surface area contributed by atoms with Gasteiger partial charge in [-0.15, -0.1) is 0 Å². The first-order chi connectivity index (χ1) is 7.00. The zero-order chi connectivity index (χ0) is 11.4. The molecule has 0 saturated heterocycles. The fourth-order valence-electron chi connectivity index (χ4n) is 1.18. The Morgan fingerprint density at radius 2 is 1.67 bits per heavy atom. The number of rotatable bonds is 4. The van der Waals surface area contributed by atoms with Gasteiger partial charge in [0.1, 0.15) is 0 Å². The molecule has 0 bridgehead atoms. The summed E-state index contributed by atoms with van der Waals surface area (Å²) in [6, 6.07) is 6.55. The Labute approximate surface area is 102 Å². The van der Waals surface area contributed by atoms with Crippen LogP contribution in [0.4, 0.5) is 0 Å². The van der Waals surface area contributed by atoms with Crippen LogP contribution in [0.15, 0.2) is 24.3 Å². The van der Waals surface area contributed by atoms with Gasteiger partial charge in [-0.05, 0) is 40.9 Å². The summed E-state index contributed by atoms with van der Waals surface area (Å²) in [5.74, 6) is -0.700. The van der Waals surface area contributed by atoms with E-state index in [2.05, 4.69) is 0 Å². The van der Waals surface area contributed by atoms with Gasteiger partial charge in [0.2, 0.25) is 10.5 Å². The first kappa shape index (κ1) is 12.5. The molecule has 1 rings (SSSR count). The van der Waals surface area contributed by atoms with Crippen LogP contribution in [0.1, 0.15) is 17.9 Å². The van der Waals surface area contributed by atoms with Gasteiger partial charge in [-0.3, -0.25) is 9.59 Å². The maximum absolute atomic E-state index is 11.1. The molecule has 0 spiro atoms. The van der Waals surface area contributed by atoms with Crippen molar-refractivity contribution < 1.29 is 9.59 Å². The molecular weight excluding hydrogens is 258 g/mol. The van der Waals surface area contributed by atoms with Crippen molar-refractivity contribution in [2.45, 2.75) is 12.3 Å². The molecule has 0 saturated carbocycles. The highest BCUT2D eigenvalue weighted by atomic mass is 35.5. The number of hydrogen-bond acceptors (Lipinski definition) is 2. The summed E-state index contributed by atoms with van der Waals surface area (Å²) in [6.45, 7) is 0. The number of carbonyl (C=O) groups excluding carboxylic acids is 2. The summed E-state index contributed by atoms with van der Waals surface area (Å²) < 4.78 is 0. The number of hydrogen-bond donors (Lipinski definition) is 0. The molecule has 1 atom stereocenters. The molecule has 0 N–H and O–H groups in total. The molecule has 0 aliphatic carbocycles. The summed E-state index contributed by atoms with van der Waals surface area (Å²) in [6.07, 6.45) is -0.106. The van der Waals surface area contributed by atoms with Gasteiger partial charge in [-0.2, -0.15) is 0 Å². The van der Waals surface area contributed by atoms with E-state index < -0.39 is 16.4 Å². The minimum atomic E-state index is -0.700. The van der Waals surface area contributed by atoms with Crippen molar-refractivity contribution in [1.29, 1.82) is 0 Å². The maximum atomic E-state index is 11.1. The van der Waals surface area contributed by atoms with Gasteiger partial charge in [0.25, 0.3) is 0 Å². The maximum Gasteiger partial charge on any atom is 0.229 e. The molecule has 1 aromatic carbocycles. The average molecular weight is 266 g/mol. The Kier molecular flexibility index (Phi) is 4.58. The highest BCUT2D eigenvalue weighted by Gasteiger charge is 2.21. The first-order valence-corrected chi connectivity index (χ1v) is 5.27. The monoisotopic (exact) mass is 264 g/mol. The van der Waals surface area contributed by atoms with Crippen LogP contribution in [0.2, 0.25) is 5.02 Å². The predicted molar refractivity (Wildman–Crippen MR) is 60.5 cm³/mol. The highest BCUT2D eigenvalue weighted by molar-refractivity contribution is 6.67. The van der Waals surface area contributed by atoms with Crippen LogP contribution in [-0.2, 0) is 9.59 Å². The summed E-state index contributed by atoms with van der Waals surface area (Å²) in [5, 5.41) is -0.646. The van der Waals surface area contributed by atoms with Crippen LogP contribution in [-0.4, -0.2) is 10.5 Å². The molecule has 2 nitrogen and oxygen atoms in total. The number of halogens is 3. The normalized spacial score (nSPS) is 12.2. The average Bonchev–Trinajstić information content (AvgIpc) is 2.15. The zero-order valence-electron chi connectivity index (χ0n) is 7.54. The first-order valence-electron chi connectivity index (χ1n) is 4.14. The minimum absolute atomic E-state index is 0.106. The number of benzene rings is 1. The van der Waals surface area contributed by atoms with E-state index >= 15 is 0 Å². The Hall–Kier alpha value is -0.570. The van der Waals surface area contributed by atoms with Gasteiger partial charge in [0.15, 0.2) is 0 Å². The summed E-state index contributed by atoms with van der Waals surface area (Å²) in [5.41, 5.74) is 0.633. The Bertz CT molecular complexity index is 373. The van der Waals surface area contributed by atoms with E-state index in [0.29, 0.717) is 10.6 Å². The van der Waals surface area contributed by atoms with Gasteiger partial charge in [-0.25, -0.2) is 0 Å². The molecule has 0 aromatic heterocycles. The Morgan fingerprint density at radius 1 is 1.13 bits per heavy atom. The topological polar surface area (TPSA) is 34.1 Å². The second-order valence-corrected chi connectivity index (χ2v) is 4.20. The second-order valence-electron chi connectivity index (χ2n) is 2.97. The van der Waals surface area contributed by atoms with Crippen molar-refractivity contribution in [3.63, 3.8) is 0 Å². The third-order valence-corrected chi connectivity index (χ3v) is 2.58. The molecule has 0 aliphatic rings. The lowest BCUT2D eigenvalue weighted by Gasteiger charge is -2.10. The third kappa shape index (κ3) is 3.82. The van der Waals surface area contributed by atoms with Crippen LogP contribution in [0.5, 0.6) is 0 Å². The third-order valence-electron chi connectivity index (χ3n) is 1.91. The predicted octanol–water partition coefficient (Wildman–Crippen LogP) is 3.34. The van der Waals surface area contributed by atoms with Gasteiger partial charge >= 0.3 is 0 Å². The smallest absolute Gasteiger partial charge is 0.229 e. The van der Waals surface area contributed by atoms with E-state index in [4.69, 9.17) is 34.8 Å². The van der Waals surface area contributed by atoms with Crippen molar-refractivity contribution in [1.82, 2.24) is 0 Å². The molecule has 0 heterocycles. The Morgan fingerprint density at radius 3 is 2.07 bits per heavy atom. The minimum Gasteiger partial charge on any atom is -0.281 e. The lowest BCUT2D eigenvalue weighted by molar-refractivity contribution is -0.117. The standard InChI is InChI=1S/C10H7Cl3O2/c11-7-3-1-6(2-4-7)8(10(13)15)5-9(12)14/h1-4,8H,5H2/t8-/m0/s1. The lowest BCUT2D eigenvalue weighted by Crippen LogP contribution is -2.09. The molecule has 1 aromatic rings. The fourth-order valence-corrected chi connectivity index (χ4v) is 1.67. The van der Waals surface area contributed by atoms with Crippen LogP contribution >= 0.6 is 34.8 Å². The van der Waals surface area contributed by atoms with Crippen LogP contribution in [0.25, 0.3) is 0 Å². The molecule has 0 fully saturated rings. The van der Waals surface area contributed by atoms with E-state index in [1.54, 1.807) is 24.3 Å². The second kappa shape index (κ2) is 5.50. The largest absolute Gasteiger partial charge is 0.281 e. The van der Waals surface area contributed by atoms with E-state index in [1.165, 1.54) is 0 Å². The lowest BCUT2D eigenvalue weighted by atomic mass is 9.98. The quantitative estimate of drug-likeness (QED) is 0.783. The molecule has 0 aliphatic heterocycles. The molecule has 0 amide bonds. The SMILES string of the molecule is O=C(Cl)C[C@H](C(=O)Cl)c1ccc(Cl)cc1. The van der Waals surface area contributed by atoms with E-state index in [1.807, 2.05) is 0 Å². The number of carbonyl (C=O) groups is 2. The zero-order valence-corrected chi connectivity index (χ0v) is 9.81. The van der Waals surface area contributed by atoms with Crippen molar-refractivity contribution in [3.05, 3.63) is 34.9 Å². The van der Waals surface area contributed by atoms with Crippen molar-refractivity contribution in [3.8, 4) is 0 Å². The van der Waals surface area contributed by atoms with Crippen LogP contribution in [0, 0.1) is 0 Å². The molecule has 0 unspecified atom stereocenters. The fraction of sp³-hybridized carbons (Fsp3) is 0.200. The summed E-state index contributed by atoms with van der Waals surface area (Å²) in [7, 11) is 0. The van der Waals surface area contributed by atoms with Gasteiger partial charge < -0.3 is 0 Å². The van der Waals surface area contributed by atoms with Crippen LogP contribution in [0.3, 0.4) is 0 Å². The summed E-state index contributed by atoms with van der Waals surface area (Å²) >= 11 is 16.3. The van der Waals surface area contributed by atoms with Crippen molar-refractivity contribution >= 4 is 45.3 Å². The van der Waals surface area contributed by atoms with E-state index in [0.717, 1.165) is 0 Å². The molecular formula is C10H7Cl3O2. The van der Waals surface area contributed by atoms with Crippen LogP contribution < -0.4 is 0 Å². The molecule has 0 radical (unpaired) electrons. The Balaban J connectivity index is 2.94. The molecule has 5 heteroatoms. The van der Waals surface area contributed by atoms with Crippen molar-refractivity contribution in [2.24, 2.45) is 0 Å². The van der Waals surface area contributed by atoms with E-state index in [-0.39, 0.29) is 6.42 Å². The van der Waals surface area contributed by atoms with Gasteiger partial charge in [0.05, 0.1) is 5.92 Å².